The highest BCUT2D eigenvalue weighted by atomic mass is 16.6. The molecule has 0 unspecified atom stereocenters. The Hall–Kier alpha value is -3.22. The molecule has 7 heteroatoms. The molecule has 3 heterocycles. The minimum Gasteiger partial charge on any atom is -0.445 e. The number of fused-ring (bicyclic) bond motifs is 1. The van der Waals surface area contributed by atoms with Gasteiger partial charge in [-0.3, -0.25) is 4.79 Å². The third-order valence-corrected chi connectivity index (χ3v) is 5.24. The number of aromatic nitrogens is 3. The van der Waals surface area contributed by atoms with Crippen LogP contribution in [0.4, 0.5) is 4.79 Å². The number of ether oxygens (including phenoxy) is 1. The molecule has 0 spiro atoms. The molecule has 0 N–H and O–H groups in total. The van der Waals surface area contributed by atoms with Crippen LogP contribution in [0.1, 0.15) is 35.9 Å². The van der Waals surface area contributed by atoms with Gasteiger partial charge in [0.2, 0.25) is 0 Å². The fraction of sp³-hybridized carbons (Fsp3) is 0.364. The second-order valence-corrected chi connectivity index (χ2v) is 7.44. The Morgan fingerprint density at radius 3 is 2.79 bits per heavy atom. The maximum absolute atomic E-state index is 12.5. The summed E-state index contributed by atoms with van der Waals surface area (Å²) in [6.07, 6.45) is 3.30. The molecule has 1 amide bonds. The van der Waals surface area contributed by atoms with Crippen LogP contribution in [0, 0.1) is 5.92 Å². The Balaban J connectivity index is 1.44. The second kappa shape index (κ2) is 8.43. The Morgan fingerprint density at radius 2 is 2.00 bits per heavy atom. The molecule has 1 saturated heterocycles. The molecule has 29 heavy (non-hydrogen) atoms. The van der Waals surface area contributed by atoms with Crippen molar-refractivity contribution in [1.29, 1.82) is 0 Å². The lowest BCUT2D eigenvalue weighted by molar-refractivity contribution is 0.0765. The Kier molecular flexibility index (Phi) is 5.55. The highest BCUT2D eigenvalue weighted by Gasteiger charge is 2.27. The van der Waals surface area contributed by atoms with E-state index in [1.165, 1.54) is 6.92 Å². The summed E-state index contributed by atoms with van der Waals surface area (Å²) in [5, 5.41) is 0. The molecule has 7 nitrogen and oxygen atoms in total. The minimum absolute atomic E-state index is 0.0852. The van der Waals surface area contributed by atoms with Crippen LogP contribution < -0.4 is 0 Å². The van der Waals surface area contributed by atoms with Crippen LogP contribution in [0.15, 0.2) is 48.7 Å². The van der Waals surface area contributed by atoms with E-state index in [1.807, 2.05) is 47.0 Å². The Bertz CT molecular complexity index is 1020. The topological polar surface area (TPSA) is 77.3 Å². The van der Waals surface area contributed by atoms with Crippen LogP contribution >= 0.6 is 0 Å². The predicted molar refractivity (Wildman–Crippen MR) is 108 cm³/mol. The van der Waals surface area contributed by atoms with E-state index in [0.29, 0.717) is 36.6 Å². The largest absolute Gasteiger partial charge is 0.445 e. The van der Waals surface area contributed by atoms with E-state index in [-0.39, 0.29) is 24.4 Å². The zero-order valence-electron chi connectivity index (χ0n) is 16.5. The highest BCUT2D eigenvalue weighted by molar-refractivity contribution is 5.94. The van der Waals surface area contributed by atoms with Gasteiger partial charge in [0.15, 0.2) is 17.3 Å². The summed E-state index contributed by atoms with van der Waals surface area (Å²) in [5.74, 6) is 0.547. The van der Waals surface area contributed by atoms with Gasteiger partial charge >= 0.3 is 6.09 Å². The number of imidazole rings is 1. The van der Waals surface area contributed by atoms with Gasteiger partial charge in [0, 0.05) is 32.8 Å². The normalized spacial score (nSPS) is 16.7. The molecule has 1 aliphatic heterocycles. The Labute approximate surface area is 169 Å². The first-order valence-electron chi connectivity index (χ1n) is 9.89. The quantitative estimate of drug-likeness (QED) is 0.619. The van der Waals surface area contributed by atoms with Gasteiger partial charge in [-0.05, 0) is 36.5 Å². The van der Waals surface area contributed by atoms with Gasteiger partial charge in [-0.15, -0.1) is 0 Å². The number of nitrogens with zero attached hydrogens (tertiary/aromatic N) is 4. The maximum Gasteiger partial charge on any atom is 0.410 e. The summed E-state index contributed by atoms with van der Waals surface area (Å²) >= 11 is 0. The zero-order chi connectivity index (χ0) is 20.2. The molecule has 0 aliphatic carbocycles. The van der Waals surface area contributed by atoms with E-state index in [9.17, 15) is 9.59 Å². The molecule has 1 aliphatic rings. The first kappa shape index (κ1) is 19.1. The smallest absolute Gasteiger partial charge is 0.410 e. The molecule has 4 rings (SSSR count). The highest BCUT2D eigenvalue weighted by Crippen LogP contribution is 2.23. The van der Waals surface area contributed by atoms with Crippen molar-refractivity contribution >= 4 is 23.0 Å². The van der Waals surface area contributed by atoms with E-state index in [2.05, 4.69) is 9.97 Å². The number of piperidine rings is 1. The zero-order valence-corrected chi connectivity index (χ0v) is 16.5. The molecule has 0 radical (unpaired) electrons. The number of likely N-dealkylation sites (tertiary alicyclic amines) is 1. The average Bonchev–Trinajstić information content (AvgIpc) is 3.12. The van der Waals surface area contributed by atoms with Gasteiger partial charge < -0.3 is 14.2 Å². The minimum atomic E-state index is -0.293. The monoisotopic (exact) mass is 392 g/mol. The first-order chi connectivity index (χ1) is 14.1. The summed E-state index contributed by atoms with van der Waals surface area (Å²) in [5.41, 5.74) is 2.39. The number of hydrogen-bond acceptors (Lipinski definition) is 5. The number of benzene rings is 1. The fourth-order valence-electron chi connectivity index (χ4n) is 3.85. The van der Waals surface area contributed by atoms with Gasteiger partial charge in [0.1, 0.15) is 12.1 Å². The molecule has 3 aromatic rings. The van der Waals surface area contributed by atoms with Crippen LogP contribution in [0.25, 0.3) is 11.2 Å². The number of pyridine rings is 1. The van der Waals surface area contributed by atoms with Gasteiger partial charge in [-0.1, -0.05) is 30.3 Å². The van der Waals surface area contributed by atoms with E-state index in [1.54, 1.807) is 11.1 Å². The summed E-state index contributed by atoms with van der Waals surface area (Å²) < 4.78 is 7.37. The summed E-state index contributed by atoms with van der Waals surface area (Å²) in [6, 6.07) is 13.3. The third-order valence-electron chi connectivity index (χ3n) is 5.24. The number of rotatable bonds is 5. The molecule has 1 fully saturated rings. The first-order valence-corrected chi connectivity index (χ1v) is 9.89. The third kappa shape index (κ3) is 4.29. The molecular formula is C22H24N4O3. The van der Waals surface area contributed by atoms with Crippen molar-refractivity contribution in [3.63, 3.8) is 0 Å². The molecule has 0 saturated carbocycles. The SMILES string of the molecule is CC(=O)c1nc2cccnc2n1C[C@@H]1CCCN(C(=O)OCc2ccccc2)C1. The van der Waals surface area contributed by atoms with Crippen molar-refractivity contribution in [2.24, 2.45) is 5.92 Å². The standard InChI is InChI=1S/C22H24N4O3/c1-16(27)20-24-19-10-5-11-23-21(19)26(20)14-18-9-6-12-25(13-18)22(28)29-15-17-7-3-2-4-8-17/h2-5,7-8,10-11,18H,6,9,12-15H2,1H3/t18-/m1/s1. The summed E-state index contributed by atoms with van der Waals surface area (Å²) in [7, 11) is 0. The number of amides is 1. The van der Waals surface area contributed by atoms with Crippen molar-refractivity contribution < 1.29 is 14.3 Å². The molecule has 150 valence electrons. The van der Waals surface area contributed by atoms with Crippen LogP contribution in [-0.2, 0) is 17.9 Å². The molecule has 1 aromatic carbocycles. The van der Waals surface area contributed by atoms with E-state index in [0.717, 1.165) is 18.4 Å². The molecule has 2 aromatic heterocycles. The summed E-state index contributed by atoms with van der Waals surface area (Å²) in [4.78, 5) is 35.2. The second-order valence-electron chi connectivity index (χ2n) is 7.44. The van der Waals surface area contributed by atoms with Crippen molar-refractivity contribution in [2.75, 3.05) is 13.1 Å². The molecular weight excluding hydrogens is 368 g/mol. The van der Waals surface area contributed by atoms with E-state index >= 15 is 0 Å². The van der Waals surface area contributed by atoms with Crippen LogP contribution in [0.3, 0.4) is 0 Å². The number of hydrogen-bond donors (Lipinski definition) is 0. The summed E-state index contributed by atoms with van der Waals surface area (Å²) in [6.45, 7) is 3.67. The Morgan fingerprint density at radius 1 is 1.17 bits per heavy atom. The maximum atomic E-state index is 12.5. The predicted octanol–water partition coefficient (Wildman–Crippen LogP) is 3.68. The van der Waals surface area contributed by atoms with Crippen molar-refractivity contribution in [1.82, 2.24) is 19.4 Å². The number of Topliss-reactive ketones (excluding diaryl/α,β-unsaturated/α-hetero) is 1. The number of ketones is 1. The van der Waals surface area contributed by atoms with Crippen molar-refractivity contribution in [2.45, 2.75) is 32.9 Å². The lowest BCUT2D eigenvalue weighted by atomic mass is 9.98. The average molecular weight is 392 g/mol. The fourth-order valence-corrected chi connectivity index (χ4v) is 3.85. The van der Waals surface area contributed by atoms with E-state index in [4.69, 9.17) is 4.74 Å². The number of carbonyl (C=O) groups excluding carboxylic acids is 2. The lowest BCUT2D eigenvalue weighted by Gasteiger charge is -2.32. The van der Waals surface area contributed by atoms with Crippen LogP contribution in [0.2, 0.25) is 0 Å². The van der Waals surface area contributed by atoms with Crippen LogP contribution in [-0.4, -0.2) is 44.4 Å². The van der Waals surface area contributed by atoms with E-state index < -0.39 is 0 Å². The van der Waals surface area contributed by atoms with Crippen LogP contribution in [0.5, 0.6) is 0 Å². The van der Waals surface area contributed by atoms with Gasteiger partial charge in [-0.25, -0.2) is 14.8 Å². The lowest BCUT2D eigenvalue weighted by Crippen LogP contribution is -2.41. The molecule has 0 bridgehead atoms. The van der Waals surface area contributed by atoms with Gasteiger partial charge in [0.25, 0.3) is 0 Å². The van der Waals surface area contributed by atoms with Crippen molar-refractivity contribution in [3.05, 3.63) is 60.0 Å². The van der Waals surface area contributed by atoms with Gasteiger partial charge in [-0.2, -0.15) is 0 Å². The molecule has 1 atom stereocenters. The number of carbonyl (C=O) groups is 2. The van der Waals surface area contributed by atoms with Gasteiger partial charge in [0.05, 0.1) is 0 Å². The van der Waals surface area contributed by atoms with Crippen molar-refractivity contribution in [3.8, 4) is 0 Å².